The second kappa shape index (κ2) is 6.62. The Hall–Kier alpha value is -0.910. The van der Waals surface area contributed by atoms with Crippen molar-refractivity contribution in [2.75, 3.05) is 13.1 Å². The zero-order chi connectivity index (χ0) is 11.9. The minimum atomic E-state index is -3.21. The van der Waals surface area contributed by atoms with Gasteiger partial charge in [0.1, 0.15) is 0 Å². The summed E-state index contributed by atoms with van der Waals surface area (Å²) in [4.78, 5) is 0. The largest absolute Gasteiger partial charge is 0.330 e. The molecule has 0 aliphatic carbocycles. The summed E-state index contributed by atoms with van der Waals surface area (Å²) < 4.78 is 25.8. The third-order valence-corrected chi connectivity index (χ3v) is 3.51. The molecule has 0 amide bonds. The molecule has 0 aliphatic rings. The summed E-state index contributed by atoms with van der Waals surface area (Å²) in [6.07, 6.45) is 1.62. The fourth-order valence-electron chi connectivity index (χ4n) is 1.34. The molecule has 0 fully saturated rings. The van der Waals surface area contributed by atoms with Crippen LogP contribution in [0.4, 0.5) is 0 Å². The number of rotatable bonds is 7. The van der Waals surface area contributed by atoms with E-state index in [1.807, 2.05) is 18.2 Å². The maximum Gasteiger partial charge on any atom is 0.215 e. The van der Waals surface area contributed by atoms with Crippen LogP contribution in [0.2, 0.25) is 0 Å². The molecule has 0 unspecified atom stereocenters. The highest BCUT2D eigenvalue weighted by molar-refractivity contribution is 7.88. The lowest BCUT2D eigenvalue weighted by Gasteiger charge is -2.06. The van der Waals surface area contributed by atoms with Gasteiger partial charge in [-0.2, -0.15) is 0 Å². The highest BCUT2D eigenvalue weighted by Crippen LogP contribution is 2.03. The van der Waals surface area contributed by atoms with Crippen molar-refractivity contribution in [3.05, 3.63) is 35.9 Å². The Morgan fingerprint density at radius 2 is 1.81 bits per heavy atom. The number of sulfonamides is 1. The van der Waals surface area contributed by atoms with Crippen molar-refractivity contribution in [3.8, 4) is 0 Å². The first-order valence-electron chi connectivity index (χ1n) is 5.35. The summed E-state index contributed by atoms with van der Waals surface area (Å²) in [5, 5.41) is 0. The second-order valence-electron chi connectivity index (χ2n) is 3.63. The Morgan fingerprint density at radius 1 is 1.12 bits per heavy atom. The van der Waals surface area contributed by atoms with Crippen molar-refractivity contribution in [2.24, 2.45) is 5.73 Å². The molecule has 1 aromatic rings. The first-order chi connectivity index (χ1) is 7.64. The second-order valence-corrected chi connectivity index (χ2v) is 5.44. The zero-order valence-corrected chi connectivity index (χ0v) is 10.0. The van der Waals surface area contributed by atoms with Crippen LogP contribution in [0.5, 0.6) is 0 Å². The van der Waals surface area contributed by atoms with E-state index in [2.05, 4.69) is 4.72 Å². The number of hydrogen-bond donors (Lipinski definition) is 2. The van der Waals surface area contributed by atoms with Gasteiger partial charge in [-0.3, -0.25) is 0 Å². The molecular formula is C11H18N2O2S. The van der Waals surface area contributed by atoms with Gasteiger partial charge in [0.2, 0.25) is 10.0 Å². The highest BCUT2D eigenvalue weighted by atomic mass is 32.2. The Bertz CT molecular complexity index is 390. The van der Waals surface area contributed by atoms with Gasteiger partial charge in [0.25, 0.3) is 0 Å². The minimum absolute atomic E-state index is 0.0382. The molecule has 0 atom stereocenters. The number of nitrogens with two attached hydrogens (primary N) is 1. The van der Waals surface area contributed by atoms with E-state index in [1.165, 1.54) is 0 Å². The van der Waals surface area contributed by atoms with Gasteiger partial charge in [-0.25, -0.2) is 13.1 Å². The Balaban J connectivity index is 2.40. The topological polar surface area (TPSA) is 72.2 Å². The van der Waals surface area contributed by atoms with E-state index in [0.29, 0.717) is 13.1 Å². The Labute approximate surface area is 96.9 Å². The number of hydrogen-bond acceptors (Lipinski definition) is 3. The minimum Gasteiger partial charge on any atom is -0.330 e. The van der Waals surface area contributed by atoms with Crippen molar-refractivity contribution in [1.29, 1.82) is 0 Å². The van der Waals surface area contributed by atoms with E-state index >= 15 is 0 Å². The molecule has 1 rings (SSSR count). The maximum absolute atomic E-state index is 11.6. The van der Waals surface area contributed by atoms with Crippen molar-refractivity contribution in [1.82, 2.24) is 4.72 Å². The van der Waals surface area contributed by atoms with Crippen LogP contribution in [0, 0.1) is 0 Å². The van der Waals surface area contributed by atoms with Crippen molar-refractivity contribution >= 4 is 10.0 Å². The normalized spacial score (nSPS) is 11.6. The summed E-state index contributed by atoms with van der Waals surface area (Å²) in [7, 11) is -3.21. The molecule has 4 nitrogen and oxygen atoms in total. The molecule has 5 heteroatoms. The summed E-state index contributed by atoms with van der Waals surface area (Å²) in [6, 6.07) is 9.14. The third-order valence-electron chi connectivity index (χ3n) is 2.15. The summed E-state index contributed by atoms with van der Waals surface area (Å²) in [5.41, 5.74) is 6.12. The van der Waals surface area contributed by atoms with Crippen LogP contribution in [0.3, 0.4) is 0 Å². The van der Waals surface area contributed by atoms with Crippen molar-refractivity contribution in [2.45, 2.75) is 18.6 Å². The van der Waals surface area contributed by atoms with Gasteiger partial charge < -0.3 is 5.73 Å². The van der Waals surface area contributed by atoms with Crippen molar-refractivity contribution < 1.29 is 8.42 Å². The van der Waals surface area contributed by atoms with Crippen LogP contribution in [-0.2, 0) is 15.8 Å². The van der Waals surface area contributed by atoms with Gasteiger partial charge in [0.15, 0.2) is 0 Å². The van der Waals surface area contributed by atoms with Crippen LogP contribution in [0.15, 0.2) is 30.3 Å². The molecule has 16 heavy (non-hydrogen) atoms. The Morgan fingerprint density at radius 3 is 2.44 bits per heavy atom. The fraction of sp³-hybridized carbons (Fsp3) is 0.455. The number of benzene rings is 1. The monoisotopic (exact) mass is 242 g/mol. The Kier molecular flexibility index (Phi) is 5.45. The molecule has 0 aliphatic heterocycles. The molecule has 0 saturated heterocycles. The SMILES string of the molecule is NCCCCNS(=O)(=O)Cc1ccccc1. The first-order valence-corrected chi connectivity index (χ1v) is 7.00. The van der Waals surface area contributed by atoms with E-state index in [1.54, 1.807) is 12.1 Å². The fourth-order valence-corrected chi connectivity index (χ4v) is 2.53. The molecule has 3 N–H and O–H groups in total. The maximum atomic E-state index is 11.6. The summed E-state index contributed by atoms with van der Waals surface area (Å²) in [6.45, 7) is 1.06. The molecule has 0 spiro atoms. The van der Waals surface area contributed by atoms with Gasteiger partial charge >= 0.3 is 0 Å². The molecule has 1 aromatic carbocycles. The predicted molar refractivity (Wildman–Crippen MR) is 65.4 cm³/mol. The predicted octanol–water partition coefficient (Wildman–Crippen LogP) is 0.845. The quantitative estimate of drug-likeness (QED) is 0.696. The number of unbranched alkanes of at least 4 members (excludes halogenated alkanes) is 1. The van der Waals surface area contributed by atoms with Gasteiger partial charge in [-0.15, -0.1) is 0 Å². The molecule has 0 aromatic heterocycles. The molecule has 90 valence electrons. The average molecular weight is 242 g/mol. The lowest BCUT2D eigenvalue weighted by Crippen LogP contribution is -2.26. The lowest BCUT2D eigenvalue weighted by atomic mass is 10.2. The van der Waals surface area contributed by atoms with Crippen LogP contribution < -0.4 is 10.5 Å². The molecule has 0 heterocycles. The van der Waals surface area contributed by atoms with E-state index in [0.717, 1.165) is 18.4 Å². The van der Waals surface area contributed by atoms with Crippen LogP contribution in [0.1, 0.15) is 18.4 Å². The number of nitrogens with one attached hydrogen (secondary N) is 1. The van der Waals surface area contributed by atoms with E-state index < -0.39 is 10.0 Å². The average Bonchev–Trinajstić information content (AvgIpc) is 2.25. The summed E-state index contributed by atoms with van der Waals surface area (Å²) >= 11 is 0. The lowest BCUT2D eigenvalue weighted by molar-refractivity contribution is 0.576. The van der Waals surface area contributed by atoms with Gasteiger partial charge in [0.05, 0.1) is 5.75 Å². The van der Waals surface area contributed by atoms with Crippen molar-refractivity contribution in [3.63, 3.8) is 0 Å². The summed E-state index contributed by atoms with van der Waals surface area (Å²) in [5.74, 6) is 0.0382. The molecule has 0 radical (unpaired) electrons. The smallest absolute Gasteiger partial charge is 0.215 e. The molecular weight excluding hydrogens is 224 g/mol. The van der Waals surface area contributed by atoms with E-state index in [4.69, 9.17) is 5.73 Å². The standard InChI is InChI=1S/C11H18N2O2S/c12-8-4-5-9-13-16(14,15)10-11-6-2-1-3-7-11/h1-3,6-7,13H,4-5,8-10,12H2. The van der Waals surface area contributed by atoms with Crippen LogP contribution in [0.25, 0.3) is 0 Å². The zero-order valence-electron chi connectivity index (χ0n) is 9.22. The van der Waals surface area contributed by atoms with E-state index in [-0.39, 0.29) is 5.75 Å². The molecule has 0 saturated carbocycles. The highest BCUT2D eigenvalue weighted by Gasteiger charge is 2.09. The van der Waals surface area contributed by atoms with Crippen LogP contribution in [-0.4, -0.2) is 21.5 Å². The van der Waals surface area contributed by atoms with Gasteiger partial charge in [-0.05, 0) is 24.9 Å². The van der Waals surface area contributed by atoms with Crippen LogP contribution >= 0.6 is 0 Å². The first kappa shape index (κ1) is 13.2. The van der Waals surface area contributed by atoms with E-state index in [9.17, 15) is 8.42 Å². The molecule has 0 bridgehead atoms. The van der Waals surface area contributed by atoms with Gasteiger partial charge in [-0.1, -0.05) is 30.3 Å². The van der Waals surface area contributed by atoms with Gasteiger partial charge in [0, 0.05) is 6.54 Å². The third kappa shape index (κ3) is 5.25.